The average Bonchev–Trinajstić information content (AvgIpc) is 2.37. The van der Waals surface area contributed by atoms with E-state index in [2.05, 4.69) is 38.9 Å². The van der Waals surface area contributed by atoms with Crippen LogP contribution in [0.4, 0.5) is 0 Å². The molecule has 0 saturated heterocycles. The Labute approximate surface area is 114 Å². The SMILES string of the molecule is C#CC(CCC(CC)NC(C)(CC)CC)S(=O)O. The molecule has 0 aliphatic carbocycles. The Morgan fingerprint density at radius 2 is 1.89 bits per heavy atom. The van der Waals surface area contributed by atoms with E-state index in [-0.39, 0.29) is 5.54 Å². The molecule has 0 aromatic carbocycles. The van der Waals surface area contributed by atoms with Crippen LogP contribution in [-0.2, 0) is 11.1 Å². The second-order valence-corrected chi connectivity index (χ2v) is 6.15. The molecule has 0 rings (SSSR count). The molecular weight excluding hydrogens is 246 g/mol. The summed E-state index contributed by atoms with van der Waals surface area (Å²) < 4.78 is 20.0. The molecule has 0 spiro atoms. The molecule has 0 amide bonds. The zero-order valence-electron chi connectivity index (χ0n) is 12.0. The van der Waals surface area contributed by atoms with Crippen LogP contribution in [0.25, 0.3) is 0 Å². The minimum atomic E-state index is -1.91. The molecule has 0 aliphatic rings. The number of hydrogen-bond acceptors (Lipinski definition) is 2. The summed E-state index contributed by atoms with van der Waals surface area (Å²) in [4.78, 5) is 0. The van der Waals surface area contributed by atoms with Gasteiger partial charge in [0.15, 0.2) is 11.1 Å². The molecule has 0 aliphatic heterocycles. The van der Waals surface area contributed by atoms with E-state index in [0.717, 1.165) is 25.7 Å². The summed E-state index contributed by atoms with van der Waals surface area (Å²) in [5.41, 5.74) is 0.144. The highest BCUT2D eigenvalue weighted by atomic mass is 32.2. The summed E-state index contributed by atoms with van der Waals surface area (Å²) in [7, 11) is 0. The summed E-state index contributed by atoms with van der Waals surface area (Å²) in [5.74, 6) is 2.39. The van der Waals surface area contributed by atoms with Gasteiger partial charge in [-0.1, -0.05) is 26.7 Å². The predicted molar refractivity (Wildman–Crippen MR) is 78.8 cm³/mol. The fourth-order valence-corrected chi connectivity index (χ4v) is 2.37. The molecular formula is C14H27NO2S. The first-order valence-corrected chi connectivity index (χ1v) is 7.92. The minimum Gasteiger partial charge on any atom is -0.309 e. The smallest absolute Gasteiger partial charge is 0.168 e. The van der Waals surface area contributed by atoms with Crippen LogP contribution in [0.5, 0.6) is 0 Å². The fraction of sp³-hybridized carbons (Fsp3) is 0.857. The van der Waals surface area contributed by atoms with Crippen molar-refractivity contribution in [1.82, 2.24) is 5.32 Å². The van der Waals surface area contributed by atoms with E-state index in [1.165, 1.54) is 0 Å². The van der Waals surface area contributed by atoms with Crippen molar-refractivity contribution < 1.29 is 8.76 Å². The van der Waals surface area contributed by atoms with Gasteiger partial charge in [0, 0.05) is 11.6 Å². The lowest BCUT2D eigenvalue weighted by atomic mass is 9.92. The zero-order valence-corrected chi connectivity index (χ0v) is 12.8. The molecule has 0 bridgehead atoms. The van der Waals surface area contributed by atoms with Gasteiger partial charge in [-0.15, -0.1) is 6.42 Å². The molecule has 0 radical (unpaired) electrons. The van der Waals surface area contributed by atoms with Crippen molar-refractivity contribution in [3.8, 4) is 12.3 Å². The molecule has 0 aromatic rings. The minimum absolute atomic E-state index is 0.144. The van der Waals surface area contributed by atoms with E-state index in [1.54, 1.807) is 0 Å². The van der Waals surface area contributed by atoms with Gasteiger partial charge < -0.3 is 9.87 Å². The molecule has 4 heteroatoms. The second-order valence-electron chi connectivity index (χ2n) is 5.03. The van der Waals surface area contributed by atoms with Crippen LogP contribution in [-0.4, -0.2) is 25.6 Å². The first-order chi connectivity index (χ1) is 8.42. The Kier molecular flexibility index (Phi) is 8.51. The van der Waals surface area contributed by atoms with Crippen molar-refractivity contribution in [1.29, 1.82) is 0 Å². The monoisotopic (exact) mass is 273 g/mol. The molecule has 106 valence electrons. The van der Waals surface area contributed by atoms with Crippen LogP contribution >= 0.6 is 0 Å². The van der Waals surface area contributed by atoms with Crippen molar-refractivity contribution in [3.05, 3.63) is 0 Å². The van der Waals surface area contributed by atoms with Crippen molar-refractivity contribution in [2.24, 2.45) is 0 Å². The third kappa shape index (κ3) is 5.99. The Morgan fingerprint density at radius 1 is 1.33 bits per heavy atom. The van der Waals surface area contributed by atoms with Gasteiger partial charge in [-0.2, -0.15) is 0 Å². The van der Waals surface area contributed by atoms with Gasteiger partial charge in [0.25, 0.3) is 0 Å². The fourth-order valence-electron chi connectivity index (χ4n) is 1.92. The Bertz CT molecular complexity index is 295. The van der Waals surface area contributed by atoms with Crippen LogP contribution in [0, 0.1) is 12.3 Å². The predicted octanol–water partition coefficient (Wildman–Crippen LogP) is 2.94. The van der Waals surface area contributed by atoms with E-state index in [4.69, 9.17) is 11.0 Å². The molecule has 0 fully saturated rings. The molecule has 3 unspecified atom stereocenters. The maximum Gasteiger partial charge on any atom is 0.168 e. The molecule has 0 saturated carbocycles. The molecule has 3 nitrogen and oxygen atoms in total. The molecule has 0 aromatic heterocycles. The highest BCUT2D eigenvalue weighted by molar-refractivity contribution is 7.80. The first-order valence-electron chi connectivity index (χ1n) is 6.75. The van der Waals surface area contributed by atoms with Gasteiger partial charge in [0.2, 0.25) is 0 Å². The summed E-state index contributed by atoms with van der Waals surface area (Å²) in [6.07, 6.45) is 9.84. The highest BCUT2D eigenvalue weighted by Gasteiger charge is 2.23. The standard InChI is InChI=1S/C14H27NO2S/c1-6-12(15-14(5,8-3)9-4)10-11-13(7-2)18(16)17/h2,12-13,15H,6,8-11H2,1,3-5H3,(H,16,17). The van der Waals surface area contributed by atoms with Crippen molar-refractivity contribution >= 4 is 11.1 Å². The van der Waals surface area contributed by atoms with Gasteiger partial charge >= 0.3 is 0 Å². The third-order valence-corrected chi connectivity index (χ3v) is 4.67. The van der Waals surface area contributed by atoms with Crippen LogP contribution in [0.3, 0.4) is 0 Å². The van der Waals surface area contributed by atoms with Crippen LogP contribution in [0.2, 0.25) is 0 Å². The summed E-state index contributed by atoms with van der Waals surface area (Å²) in [6, 6.07) is 0.356. The number of terminal acetylenes is 1. The lowest BCUT2D eigenvalue weighted by molar-refractivity contribution is 0.274. The molecule has 2 N–H and O–H groups in total. The molecule has 18 heavy (non-hydrogen) atoms. The van der Waals surface area contributed by atoms with E-state index in [9.17, 15) is 4.21 Å². The van der Waals surface area contributed by atoms with Gasteiger partial charge in [-0.05, 0) is 39.0 Å². The van der Waals surface area contributed by atoms with Crippen LogP contribution in [0.1, 0.15) is 59.8 Å². The van der Waals surface area contributed by atoms with Gasteiger partial charge in [-0.3, -0.25) is 0 Å². The Balaban J connectivity index is 4.36. The van der Waals surface area contributed by atoms with Crippen molar-refractivity contribution in [2.45, 2.75) is 76.6 Å². The summed E-state index contributed by atoms with van der Waals surface area (Å²) >= 11 is -1.91. The van der Waals surface area contributed by atoms with E-state index < -0.39 is 16.3 Å². The molecule has 3 atom stereocenters. The number of rotatable bonds is 9. The van der Waals surface area contributed by atoms with Crippen molar-refractivity contribution in [2.75, 3.05) is 0 Å². The van der Waals surface area contributed by atoms with Crippen molar-refractivity contribution in [3.63, 3.8) is 0 Å². The third-order valence-electron chi connectivity index (χ3n) is 3.81. The average molecular weight is 273 g/mol. The van der Waals surface area contributed by atoms with E-state index in [1.807, 2.05) is 0 Å². The Hall–Kier alpha value is -0.370. The summed E-state index contributed by atoms with van der Waals surface area (Å²) in [5, 5.41) is 3.10. The van der Waals surface area contributed by atoms with Gasteiger partial charge in [-0.25, -0.2) is 4.21 Å². The topological polar surface area (TPSA) is 49.3 Å². The second kappa shape index (κ2) is 8.68. The first kappa shape index (κ1) is 17.6. The lowest BCUT2D eigenvalue weighted by Gasteiger charge is -2.33. The van der Waals surface area contributed by atoms with Crippen LogP contribution in [0.15, 0.2) is 0 Å². The maximum absolute atomic E-state index is 11.0. The molecule has 0 heterocycles. The maximum atomic E-state index is 11.0. The lowest BCUT2D eigenvalue weighted by Crippen LogP contribution is -2.47. The number of nitrogens with one attached hydrogen (secondary N) is 1. The summed E-state index contributed by atoms with van der Waals surface area (Å²) in [6.45, 7) is 8.70. The quantitative estimate of drug-likeness (QED) is 0.501. The Morgan fingerprint density at radius 3 is 2.22 bits per heavy atom. The van der Waals surface area contributed by atoms with E-state index in [0.29, 0.717) is 12.5 Å². The number of hydrogen-bond donors (Lipinski definition) is 2. The van der Waals surface area contributed by atoms with Crippen LogP contribution < -0.4 is 5.32 Å². The van der Waals surface area contributed by atoms with Gasteiger partial charge in [0.1, 0.15) is 5.25 Å². The highest BCUT2D eigenvalue weighted by Crippen LogP contribution is 2.18. The normalized spacial score (nSPS) is 16.9. The van der Waals surface area contributed by atoms with Gasteiger partial charge in [0.05, 0.1) is 0 Å². The largest absolute Gasteiger partial charge is 0.309 e. The van der Waals surface area contributed by atoms with E-state index >= 15 is 0 Å². The zero-order chi connectivity index (χ0) is 14.2.